The second kappa shape index (κ2) is 9.03. The topological polar surface area (TPSA) is 73.2 Å². The van der Waals surface area contributed by atoms with Crippen molar-refractivity contribution in [2.75, 3.05) is 13.2 Å². The summed E-state index contributed by atoms with van der Waals surface area (Å²) in [5.74, 6) is -0.0896. The van der Waals surface area contributed by atoms with Crippen LogP contribution in [0, 0.1) is 13.8 Å². The zero-order valence-corrected chi connectivity index (χ0v) is 16.9. The Morgan fingerprint density at radius 2 is 1.84 bits per heavy atom. The van der Waals surface area contributed by atoms with Gasteiger partial charge in [-0.05, 0) is 49.7 Å². The molecule has 1 heterocycles. The van der Waals surface area contributed by atoms with Crippen LogP contribution in [0.4, 0.5) is 13.2 Å². The molecule has 0 saturated heterocycles. The number of ether oxygens (including phenoxy) is 1. The highest BCUT2D eigenvalue weighted by Gasteiger charge is 2.30. The molecule has 2 aromatic carbocycles. The smallest absolute Gasteiger partial charge is 0.416 e. The lowest BCUT2D eigenvalue weighted by Crippen LogP contribution is -2.34. The van der Waals surface area contributed by atoms with Crippen LogP contribution in [0.1, 0.15) is 27.3 Å². The SMILES string of the molecule is Cc1cccc(OCCNC(=O)c2nn(-c3cccc(C(F)(F)F)c3)c(C)cc2=O)c1. The fraction of sp³-hybridized carbons (Fsp3) is 0.227. The first-order chi connectivity index (χ1) is 14.6. The molecule has 6 nitrogen and oxygen atoms in total. The van der Waals surface area contributed by atoms with Gasteiger partial charge in [-0.1, -0.05) is 18.2 Å². The number of nitrogens with zero attached hydrogens (tertiary/aromatic N) is 2. The number of nitrogens with one attached hydrogen (secondary N) is 1. The molecule has 0 aliphatic rings. The van der Waals surface area contributed by atoms with E-state index in [2.05, 4.69) is 10.4 Å². The lowest BCUT2D eigenvalue weighted by atomic mass is 10.2. The van der Waals surface area contributed by atoms with Crippen LogP contribution in [-0.2, 0) is 6.18 Å². The Labute approximate surface area is 176 Å². The first-order valence-electron chi connectivity index (χ1n) is 9.41. The normalized spacial score (nSPS) is 11.3. The number of carbonyl (C=O) groups is 1. The summed E-state index contributed by atoms with van der Waals surface area (Å²) >= 11 is 0. The van der Waals surface area contributed by atoms with Crippen molar-refractivity contribution in [2.45, 2.75) is 20.0 Å². The van der Waals surface area contributed by atoms with E-state index in [0.717, 1.165) is 28.4 Å². The molecule has 0 atom stereocenters. The number of alkyl halides is 3. The lowest BCUT2D eigenvalue weighted by Gasteiger charge is -2.13. The predicted molar refractivity (Wildman–Crippen MR) is 109 cm³/mol. The minimum atomic E-state index is -4.53. The third-order valence-corrected chi connectivity index (χ3v) is 4.39. The van der Waals surface area contributed by atoms with Crippen LogP contribution >= 0.6 is 0 Å². The van der Waals surface area contributed by atoms with E-state index in [1.807, 2.05) is 25.1 Å². The second-order valence-corrected chi connectivity index (χ2v) is 6.88. The van der Waals surface area contributed by atoms with Gasteiger partial charge in [-0.2, -0.15) is 18.3 Å². The van der Waals surface area contributed by atoms with Gasteiger partial charge in [0, 0.05) is 11.8 Å². The van der Waals surface area contributed by atoms with Gasteiger partial charge in [0.25, 0.3) is 5.91 Å². The molecule has 162 valence electrons. The van der Waals surface area contributed by atoms with Crippen LogP contribution in [0.5, 0.6) is 5.75 Å². The number of hydrogen-bond acceptors (Lipinski definition) is 4. The molecular weight excluding hydrogens is 411 g/mol. The summed E-state index contributed by atoms with van der Waals surface area (Å²) < 4.78 is 45.7. The maximum atomic E-state index is 13.0. The van der Waals surface area contributed by atoms with E-state index in [9.17, 15) is 22.8 Å². The standard InChI is InChI=1S/C22H20F3N3O3/c1-14-5-3-8-18(11-14)31-10-9-26-21(30)20-19(29)12-15(2)28(27-20)17-7-4-6-16(13-17)22(23,24)25/h3-8,11-13H,9-10H2,1-2H3,(H,26,30). The number of amides is 1. The van der Waals surface area contributed by atoms with Gasteiger partial charge in [0.1, 0.15) is 12.4 Å². The quantitative estimate of drug-likeness (QED) is 0.605. The van der Waals surface area contributed by atoms with E-state index in [4.69, 9.17) is 4.74 Å². The van der Waals surface area contributed by atoms with Gasteiger partial charge in [-0.15, -0.1) is 0 Å². The first kappa shape index (κ1) is 22.1. The molecule has 0 aliphatic heterocycles. The van der Waals surface area contributed by atoms with Crippen molar-refractivity contribution in [1.29, 1.82) is 0 Å². The van der Waals surface area contributed by atoms with Crippen LogP contribution in [-0.4, -0.2) is 28.8 Å². The summed E-state index contributed by atoms with van der Waals surface area (Å²) in [7, 11) is 0. The van der Waals surface area contributed by atoms with Crippen molar-refractivity contribution in [2.24, 2.45) is 0 Å². The molecule has 0 unspecified atom stereocenters. The molecule has 0 bridgehead atoms. The van der Waals surface area contributed by atoms with Crippen molar-refractivity contribution in [3.8, 4) is 11.4 Å². The molecule has 31 heavy (non-hydrogen) atoms. The van der Waals surface area contributed by atoms with Crippen LogP contribution < -0.4 is 15.5 Å². The summed E-state index contributed by atoms with van der Waals surface area (Å²) in [4.78, 5) is 24.7. The molecule has 0 saturated carbocycles. The number of aromatic nitrogens is 2. The molecule has 1 amide bonds. The molecular formula is C22H20F3N3O3. The third-order valence-electron chi connectivity index (χ3n) is 4.39. The molecule has 0 spiro atoms. The number of carbonyl (C=O) groups excluding carboxylic acids is 1. The van der Waals surface area contributed by atoms with Gasteiger partial charge in [0.05, 0.1) is 17.8 Å². The fourth-order valence-electron chi connectivity index (χ4n) is 2.90. The Bertz CT molecular complexity index is 1160. The van der Waals surface area contributed by atoms with E-state index in [1.165, 1.54) is 19.1 Å². The lowest BCUT2D eigenvalue weighted by molar-refractivity contribution is -0.137. The van der Waals surface area contributed by atoms with Gasteiger partial charge in [0.15, 0.2) is 5.69 Å². The van der Waals surface area contributed by atoms with Crippen molar-refractivity contribution in [3.63, 3.8) is 0 Å². The maximum Gasteiger partial charge on any atom is 0.416 e. The van der Waals surface area contributed by atoms with Crippen LogP contribution in [0.3, 0.4) is 0 Å². The molecule has 3 aromatic rings. The zero-order chi connectivity index (χ0) is 22.6. The van der Waals surface area contributed by atoms with Crippen molar-refractivity contribution in [3.05, 3.63) is 87.3 Å². The van der Waals surface area contributed by atoms with Gasteiger partial charge in [0.2, 0.25) is 5.43 Å². The minimum Gasteiger partial charge on any atom is -0.492 e. The molecule has 9 heteroatoms. The van der Waals surface area contributed by atoms with Crippen molar-refractivity contribution in [1.82, 2.24) is 15.1 Å². The number of halogens is 3. The zero-order valence-electron chi connectivity index (χ0n) is 16.9. The van der Waals surface area contributed by atoms with E-state index in [0.29, 0.717) is 11.4 Å². The monoisotopic (exact) mass is 431 g/mol. The molecule has 0 radical (unpaired) electrons. The maximum absolute atomic E-state index is 13.0. The van der Waals surface area contributed by atoms with Gasteiger partial charge < -0.3 is 10.1 Å². The summed E-state index contributed by atoms with van der Waals surface area (Å²) in [6.45, 7) is 3.73. The molecule has 1 N–H and O–H groups in total. The third kappa shape index (κ3) is 5.50. The number of benzene rings is 2. The fourth-order valence-corrected chi connectivity index (χ4v) is 2.90. The Kier molecular flexibility index (Phi) is 6.43. The Hall–Kier alpha value is -3.62. The second-order valence-electron chi connectivity index (χ2n) is 6.88. The van der Waals surface area contributed by atoms with E-state index < -0.39 is 28.8 Å². The van der Waals surface area contributed by atoms with Gasteiger partial charge >= 0.3 is 6.18 Å². The summed E-state index contributed by atoms with van der Waals surface area (Å²) in [6.07, 6.45) is -4.53. The van der Waals surface area contributed by atoms with Crippen LogP contribution in [0.25, 0.3) is 5.69 Å². The average molecular weight is 431 g/mol. The van der Waals surface area contributed by atoms with Crippen LogP contribution in [0.2, 0.25) is 0 Å². The van der Waals surface area contributed by atoms with Gasteiger partial charge in [-0.25, -0.2) is 4.68 Å². The molecule has 3 rings (SSSR count). The van der Waals surface area contributed by atoms with E-state index in [1.54, 1.807) is 6.07 Å². The number of rotatable bonds is 6. The molecule has 0 fully saturated rings. The van der Waals surface area contributed by atoms with Crippen molar-refractivity contribution < 1.29 is 22.7 Å². The highest BCUT2D eigenvalue weighted by atomic mass is 19.4. The largest absolute Gasteiger partial charge is 0.492 e. The first-order valence-corrected chi connectivity index (χ1v) is 9.41. The average Bonchev–Trinajstić information content (AvgIpc) is 2.71. The Morgan fingerprint density at radius 1 is 1.10 bits per heavy atom. The number of aryl methyl sites for hydroxylation is 2. The molecule has 1 aromatic heterocycles. The van der Waals surface area contributed by atoms with Crippen molar-refractivity contribution >= 4 is 5.91 Å². The Morgan fingerprint density at radius 3 is 2.55 bits per heavy atom. The number of hydrogen-bond donors (Lipinski definition) is 1. The van der Waals surface area contributed by atoms with E-state index in [-0.39, 0.29) is 18.8 Å². The highest BCUT2D eigenvalue weighted by molar-refractivity contribution is 5.92. The predicted octanol–water partition coefficient (Wildman–Crippen LogP) is 3.68. The van der Waals surface area contributed by atoms with Crippen LogP contribution in [0.15, 0.2) is 59.4 Å². The highest BCUT2D eigenvalue weighted by Crippen LogP contribution is 2.30. The van der Waals surface area contributed by atoms with Gasteiger partial charge in [-0.3, -0.25) is 9.59 Å². The Balaban J connectivity index is 1.75. The summed E-state index contributed by atoms with van der Waals surface area (Å²) in [5, 5.41) is 6.54. The summed E-state index contributed by atoms with van der Waals surface area (Å²) in [6, 6.07) is 13.0. The minimum absolute atomic E-state index is 0.0872. The van der Waals surface area contributed by atoms with E-state index >= 15 is 0 Å². The molecule has 0 aliphatic carbocycles. The summed E-state index contributed by atoms with van der Waals surface area (Å²) in [5.41, 5.74) is -0.492.